The summed E-state index contributed by atoms with van der Waals surface area (Å²) in [5.41, 5.74) is 4.14. The number of carbonyl (C=O) groups is 1. The van der Waals surface area contributed by atoms with Gasteiger partial charge in [0.25, 0.3) is 5.95 Å². The highest BCUT2D eigenvalue weighted by Gasteiger charge is 2.35. The minimum Gasteiger partial charge on any atom is -0.496 e. The Morgan fingerprint density at radius 1 is 0.935 bits per heavy atom. The molecule has 2 aromatic heterocycles. The molecule has 0 fully saturated rings. The number of aromatic nitrogens is 4. The summed E-state index contributed by atoms with van der Waals surface area (Å²) in [6.07, 6.45) is 0.249. The third kappa shape index (κ3) is 3.56. The molecule has 1 atom stereocenters. The normalized spacial score (nSPS) is 15.3. The highest BCUT2D eigenvalue weighted by Crippen LogP contribution is 2.46. The zero-order chi connectivity index (χ0) is 22.3. The Labute approximate surface area is 180 Å². The molecule has 0 bridgehead atoms. The van der Waals surface area contributed by atoms with Gasteiger partial charge < -0.3 is 19.5 Å². The lowest BCUT2D eigenvalue weighted by atomic mass is 9.85. The van der Waals surface area contributed by atoms with Gasteiger partial charge in [-0.3, -0.25) is 4.79 Å². The van der Waals surface area contributed by atoms with Crippen molar-refractivity contribution in [2.24, 2.45) is 0 Å². The van der Waals surface area contributed by atoms with Crippen LogP contribution in [0.2, 0.25) is 0 Å². The van der Waals surface area contributed by atoms with Crippen LogP contribution in [0.15, 0.2) is 18.2 Å². The van der Waals surface area contributed by atoms with Crippen LogP contribution in [0, 0.1) is 20.8 Å². The SMILES string of the molecule is COc1cc(OC)c(C2CC(=O)Nc3c2c(C)nn3-c2nc(C)cc(C)n2)cc1OC. The molecule has 9 nitrogen and oxygen atoms in total. The highest BCUT2D eigenvalue weighted by molar-refractivity contribution is 5.95. The Hall–Kier alpha value is -3.62. The minimum absolute atomic E-state index is 0.125. The van der Waals surface area contributed by atoms with Gasteiger partial charge >= 0.3 is 0 Å². The number of hydrogen-bond acceptors (Lipinski definition) is 7. The molecular weight excluding hydrogens is 398 g/mol. The van der Waals surface area contributed by atoms with Gasteiger partial charge in [-0.05, 0) is 32.9 Å². The van der Waals surface area contributed by atoms with Crippen molar-refractivity contribution in [3.8, 4) is 23.2 Å². The van der Waals surface area contributed by atoms with E-state index >= 15 is 0 Å². The van der Waals surface area contributed by atoms with E-state index in [1.165, 1.54) is 0 Å². The predicted octanol–water partition coefficient (Wildman–Crippen LogP) is 3.09. The van der Waals surface area contributed by atoms with Crippen molar-refractivity contribution in [3.05, 3.63) is 46.4 Å². The summed E-state index contributed by atoms with van der Waals surface area (Å²) in [7, 11) is 4.74. The van der Waals surface area contributed by atoms with Crippen molar-refractivity contribution < 1.29 is 19.0 Å². The van der Waals surface area contributed by atoms with E-state index in [-0.39, 0.29) is 18.2 Å². The number of hydrogen-bond donors (Lipinski definition) is 1. The van der Waals surface area contributed by atoms with Gasteiger partial charge in [0, 0.05) is 40.9 Å². The van der Waals surface area contributed by atoms with E-state index in [0.717, 1.165) is 28.2 Å². The monoisotopic (exact) mass is 423 g/mol. The largest absolute Gasteiger partial charge is 0.496 e. The van der Waals surface area contributed by atoms with Gasteiger partial charge in [0.15, 0.2) is 11.5 Å². The Morgan fingerprint density at radius 3 is 2.16 bits per heavy atom. The molecule has 1 aliphatic heterocycles. The second-order valence-corrected chi connectivity index (χ2v) is 7.46. The summed E-state index contributed by atoms with van der Waals surface area (Å²) >= 11 is 0. The fourth-order valence-corrected chi connectivity index (χ4v) is 4.08. The molecular formula is C22H25N5O4. The average Bonchev–Trinajstić information content (AvgIpc) is 3.07. The number of fused-ring (bicyclic) bond motifs is 1. The summed E-state index contributed by atoms with van der Waals surface area (Å²) in [6, 6.07) is 5.52. The van der Waals surface area contributed by atoms with Gasteiger partial charge in [-0.15, -0.1) is 0 Å². The lowest BCUT2D eigenvalue weighted by Gasteiger charge is -2.26. The standard InChI is InChI=1S/C22H25N5O4/c1-11-7-12(2)24-22(23-11)27-21-20(13(3)26-27)15(9-19(28)25-21)14-8-17(30-5)18(31-6)10-16(14)29-4/h7-8,10,15H,9H2,1-6H3,(H,25,28). The number of anilines is 1. The van der Waals surface area contributed by atoms with E-state index < -0.39 is 0 Å². The van der Waals surface area contributed by atoms with E-state index in [9.17, 15) is 4.79 Å². The summed E-state index contributed by atoms with van der Waals surface area (Å²) < 4.78 is 18.1. The van der Waals surface area contributed by atoms with Crippen LogP contribution in [0.25, 0.3) is 5.95 Å². The van der Waals surface area contributed by atoms with Gasteiger partial charge in [0.05, 0.1) is 27.0 Å². The molecule has 1 N–H and O–H groups in total. The molecule has 31 heavy (non-hydrogen) atoms. The molecule has 0 aliphatic carbocycles. The lowest BCUT2D eigenvalue weighted by molar-refractivity contribution is -0.116. The fraction of sp³-hybridized carbons (Fsp3) is 0.364. The molecule has 3 heterocycles. The highest BCUT2D eigenvalue weighted by atomic mass is 16.5. The van der Waals surface area contributed by atoms with Crippen molar-refractivity contribution >= 4 is 11.7 Å². The Morgan fingerprint density at radius 2 is 1.55 bits per heavy atom. The molecule has 3 aromatic rings. The zero-order valence-electron chi connectivity index (χ0n) is 18.4. The maximum Gasteiger partial charge on any atom is 0.252 e. The number of rotatable bonds is 5. The predicted molar refractivity (Wildman–Crippen MR) is 115 cm³/mol. The van der Waals surface area contributed by atoms with Crippen LogP contribution in [-0.2, 0) is 4.79 Å². The quantitative estimate of drug-likeness (QED) is 0.673. The van der Waals surface area contributed by atoms with Crippen LogP contribution in [0.1, 0.15) is 40.5 Å². The van der Waals surface area contributed by atoms with E-state index in [2.05, 4.69) is 20.4 Å². The molecule has 0 saturated heterocycles. The van der Waals surface area contributed by atoms with Gasteiger partial charge in [-0.25, -0.2) is 9.97 Å². The molecule has 9 heteroatoms. The third-order valence-electron chi connectivity index (χ3n) is 5.37. The van der Waals surface area contributed by atoms with Crippen LogP contribution < -0.4 is 19.5 Å². The van der Waals surface area contributed by atoms with Crippen LogP contribution in [0.3, 0.4) is 0 Å². The Kier molecular flexibility index (Phi) is 5.26. The molecule has 1 amide bonds. The topological polar surface area (TPSA) is 100 Å². The van der Waals surface area contributed by atoms with E-state index in [0.29, 0.717) is 29.0 Å². The average molecular weight is 423 g/mol. The Bertz CT molecular complexity index is 1150. The van der Waals surface area contributed by atoms with E-state index in [1.54, 1.807) is 32.1 Å². The molecule has 4 rings (SSSR count). The second kappa shape index (κ2) is 7.90. The molecule has 162 valence electrons. The lowest BCUT2D eigenvalue weighted by Crippen LogP contribution is -2.25. The van der Waals surface area contributed by atoms with Gasteiger partial charge in [-0.1, -0.05) is 0 Å². The van der Waals surface area contributed by atoms with Crippen molar-refractivity contribution in [3.63, 3.8) is 0 Å². The van der Waals surface area contributed by atoms with Crippen molar-refractivity contribution in [1.82, 2.24) is 19.7 Å². The number of nitrogens with one attached hydrogen (secondary N) is 1. The zero-order valence-corrected chi connectivity index (χ0v) is 18.4. The first-order valence-electron chi connectivity index (χ1n) is 9.88. The number of nitrogens with zero attached hydrogens (tertiary/aromatic N) is 4. The van der Waals surface area contributed by atoms with Gasteiger partial charge in [-0.2, -0.15) is 9.78 Å². The maximum atomic E-state index is 12.7. The fourth-order valence-electron chi connectivity index (χ4n) is 4.08. The molecule has 0 spiro atoms. The first kappa shape index (κ1) is 20.6. The number of carbonyl (C=O) groups excluding carboxylic acids is 1. The second-order valence-electron chi connectivity index (χ2n) is 7.46. The molecule has 1 aliphatic rings. The van der Waals surface area contributed by atoms with Crippen molar-refractivity contribution in [1.29, 1.82) is 0 Å². The van der Waals surface area contributed by atoms with Crippen LogP contribution >= 0.6 is 0 Å². The first-order chi connectivity index (χ1) is 14.9. The summed E-state index contributed by atoms with van der Waals surface area (Å²) in [5, 5.41) is 7.63. The number of benzene rings is 1. The number of amides is 1. The van der Waals surface area contributed by atoms with Crippen LogP contribution in [0.5, 0.6) is 17.2 Å². The van der Waals surface area contributed by atoms with Crippen molar-refractivity contribution in [2.75, 3.05) is 26.6 Å². The maximum absolute atomic E-state index is 12.7. The number of ether oxygens (including phenoxy) is 3. The van der Waals surface area contributed by atoms with Gasteiger partial charge in [0.2, 0.25) is 5.91 Å². The van der Waals surface area contributed by atoms with Gasteiger partial charge in [0.1, 0.15) is 11.6 Å². The van der Waals surface area contributed by atoms with E-state index in [4.69, 9.17) is 14.2 Å². The number of methoxy groups -OCH3 is 3. The van der Waals surface area contributed by atoms with Crippen LogP contribution in [-0.4, -0.2) is 47.0 Å². The molecule has 0 radical (unpaired) electrons. The first-order valence-corrected chi connectivity index (χ1v) is 9.88. The summed E-state index contributed by atoms with van der Waals surface area (Å²) in [6.45, 7) is 5.71. The van der Waals surface area contributed by atoms with Crippen molar-refractivity contribution in [2.45, 2.75) is 33.1 Å². The summed E-state index contributed by atoms with van der Waals surface area (Å²) in [5.74, 6) is 2.31. The van der Waals surface area contributed by atoms with Crippen LogP contribution in [0.4, 0.5) is 5.82 Å². The number of aryl methyl sites for hydroxylation is 3. The molecule has 0 saturated carbocycles. The minimum atomic E-state index is -0.279. The third-order valence-corrected chi connectivity index (χ3v) is 5.37. The Balaban J connectivity index is 1.92. The molecule has 1 aromatic carbocycles. The summed E-state index contributed by atoms with van der Waals surface area (Å²) in [4.78, 5) is 21.7. The smallest absolute Gasteiger partial charge is 0.252 e. The van der Waals surface area contributed by atoms with E-state index in [1.807, 2.05) is 32.9 Å². The molecule has 1 unspecified atom stereocenters.